The van der Waals surface area contributed by atoms with Gasteiger partial charge in [-0.15, -0.1) is 0 Å². The van der Waals surface area contributed by atoms with Crippen molar-refractivity contribution in [2.24, 2.45) is 0 Å². The van der Waals surface area contributed by atoms with Gasteiger partial charge in [0.05, 0.1) is 11.9 Å². The van der Waals surface area contributed by atoms with E-state index in [0.717, 1.165) is 21.7 Å². The minimum atomic E-state index is -3.86. The van der Waals surface area contributed by atoms with E-state index in [9.17, 15) is 18.0 Å². The minimum absolute atomic E-state index is 0.0334. The third-order valence-electron chi connectivity index (χ3n) is 6.44. The van der Waals surface area contributed by atoms with E-state index in [0.29, 0.717) is 26.9 Å². The maximum Gasteiger partial charge on any atom is 0.244 e. The molecule has 0 aliphatic carbocycles. The second-order valence-electron chi connectivity index (χ2n) is 11.3. The number of sulfonamides is 1. The summed E-state index contributed by atoms with van der Waals surface area (Å²) in [7, 11) is -3.86. The molecule has 0 saturated carbocycles. The molecular weight excluding hydrogens is 581 g/mol. The standard InChI is InChI=1S/C31H37Cl2N3O4S/c1-21-12-13-22(2)27(16-21)36(41(6,39)40)20-29(37)35(19-24-14-15-25(32)18-26(24)33)28(30(38)34-31(3,4)5)17-23-10-8-7-9-11-23/h7-16,18,28H,17,19-20H2,1-6H3,(H,34,38)/t28-/m1/s1. The van der Waals surface area contributed by atoms with Gasteiger partial charge >= 0.3 is 0 Å². The maximum absolute atomic E-state index is 14.2. The number of carbonyl (C=O) groups is 2. The van der Waals surface area contributed by atoms with Crippen LogP contribution < -0.4 is 9.62 Å². The third kappa shape index (κ3) is 9.21. The summed E-state index contributed by atoms with van der Waals surface area (Å²) in [6.07, 6.45) is 1.28. The number of carbonyl (C=O) groups excluding carboxylic acids is 2. The molecule has 1 atom stereocenters. The fourth-order valence-electron chi connectivity index (χ4n) is 4.42. The largest absolute Gasteiger partial charge is 0.350 e. The summed E-state index contributed by atoms with van der Waals surface area (Å²) in [6, 6.07) is 18.8. The van der Waals surface area contributed by atoms with Crippen LogP contribution >= 0.6 is 23.2 Å². The Bertz CT molecular complexity index is 1510. The first-order valence-corrected chi connectivity index (χ1v) is 15.8. The van der Waals surface area contributed by atoms with Crippen LogP contribution in [0.5, 0.6) is 0 Å². The molecule has 0 aliphatic heterocycles. The Balaban J connectivity index is 2.13. The first-order chi connectivity index (χ1) is 19.0. The van der Waals surface area contributed by atoms with Crippen LogP contribution in [0.3, 0.4) is 0 Å². The zero-order chi connectivity index (χ0) is 30.5. The normalized spacial score (nSPS) is 12.5. The molecule has 41 heavy (non-hydrogen) atoms. The number of halogens is 2. The van der Waals surface area contributed by atoms with Crippen molar-refractivity contribution in [2.45, 2.75) is 59.2 Å². The number of aryl methyl sites for hydroxylation is 2. The predicted octanol–water partition coefficient (Wildman–Crippen LogP) is 5.93. The molecule has 3 aromatic carbocycles. The van der Waals surface area contributed by atoms with Crippen molar-refractivity contribution in [2.75, 3.05) is 17.1 Å². The van der Waals surface area contributed by atoms with E-state index in [2.05, 4.69) is 5.32 Å². The molecule has 0 radical (unpaired) electrons. The van der Waals surface area contributed by atoms with E-state index in [1.165, 1.54) is 4.90 Å². The lowest BCUT2D eigenvalue weighted by Gasteiger charge is -2.35. The Morgan fingerprint density at radius 1 is 0.951 bits per heavy atom. The van der Waals surface area contributed by atoms with E-state index in [1.807, 2.05) is 70.2 Å². The van der Waals surface area contributed by atoms with E-state index in [4.69, 9.17) is 23.2 Å². The summed E-state index contributed by atoms with van der Waals surface area (Å²) in [5, 5.41) is 3.76. The maximum atomic E-state index is 14.2. The van der Waals surface area contributed by atoms with E-state index in [1.54, 1.807) is 31.2 Å². The Morgan fingerprint density at radius 2 is 1.61 bits per heavy atom. The van der Waals surface area contributed by atoms with Crippen molar-refractivity contribution in [3.8, 4) is 0 Å². The van der Waals surface area contributed by atoms with Crippen molar-refractivity contribution in [3.63, 3.8) is 0 Å². The first kappa shape index (κ1) is 32.4. The molecule has 1 N–H and O–H groups in total. The van der Waals surface area contributed by atoms with Gasteiger partial charge in [0, 0.05) is 28.5 Å². The molecule has 10 heteroatoms. The quantitative estimate of drug-likeness (QED) is 0.305. The number of benzene rings is 3. The lowest BCUT2D eigenvalue weighted by molar-refractivity contribution is -0.140. The molecule has 0 unspecified atom stereocenters. The summed E-state index contributed by atoms with van der Waals surface area (Å²) in [5.41, 5.74) is 2.80. The highest BCUT2D eigenvalue weighted by Gasteiger charge is 2.35. The molecule has 7 nitrogen and oxygen atoms in total. The fourth-order valence-corrected chi connectivity index (χ4v) is 5.79. The molecule has 3 aromatic rings. The first-order valence-electron chi connectivity index (χ1n) is 13.2. The van der Waals surface area contributed by atoms with Gasteiger partial charge in [-0.2, -0.15) is 0 Å². The van der Waals surface area contributed by atoms with E-state index >= 15 is 0 Å². The van der Waals surface area contributed by atoms with Crippen LogP contribution in [0.2, 0.25) is 10.0 Å². The van der Waals surface area contributed by atoms with E-state index in [-0.39, 0.29) is 18.9 Å². The van der Waals surface area contributed by atoms with Crippen molar-refractivity contribution in [3.05, 3.63) is 99.0 Å². The molecule has 0 spiro atoms. The van der Waals surface area contributed by atoms with Crippen molar-refractivity contribution < 1.29 is 18.0 Å². The van der Waals surface area contributed by atoms with Crippen LogP contribution in [0, 0.1) is 13.8 Å². The van der Waals surface area contributed by atoms with Gasteiger partial charge in [0.1, 0.15) is 12.6 Å². The Hall–Kier alpha value is -3.07. The fraction of sp³-hybridized carbons (Fsp3) is 0.355. The van der Waals surface area contributed by atoms with Crippen LogP contribution in [0.25, 0.3) is 0 Å². The van der Waals surface area contributed by atoms with Gasteiger partial charge in [0.15, 0.2) is 0 Å². The molecule has 0 heterocycles. The molecule has 2 amide bonds. The lowest BCUT2D eigenvalue weighted by atomic mass is 10.0. The Kier molecular flexibility index (Phi) is 10.5. The Morgan fingerprint density at radius 3 is 2.20 bits per heavy atom. The number of nitrogens with one attached hydrogen (secondary N) is 1. The summed E-state index contributed by atoms with van der Waals surface area (Å²) in [6.45, 7) is 8.69. The average Bonchev–Trinajstić information content (AvgIpc) is 2.86. The van der Waals surface area contributed by atoms with Crippen LogP contribution in [0.15, 0.2) is 66.7 Å². The topological polar surface area (TPSA) is 86.8 Å². The molecule has 0 fully saturated rings. The second kappa shape index (κ2) is 13.3. The number of hydrogen-bond acceptors (Lipinski definition) is 4. The SMILES string of the molecule is Cc1ccc(C)c(N(CC(=O)N(Cc2ccc(Cl)cc2Cl)[C@H](Cc2ccccc2)C(=O)NC(C)(C)C)S(C)(=O)=O)c1. The molecule has 0 aromatic heterocycles. The van der Waals surface area contributed by atoms with Gasteiger partial charge in [-0.25, -0.2) is 8.42 Å². The third-order valence-corrected chi connectivity index (χ3v) is 8.15. The monoisotopic (exact) mass is 617 g/mol. The Labute approximate surface area is 253 Å². The molecule has 0 saturated heterocycles. The van der Waals surface area contributed by atoms with E-state index < -0.39 is 34.1 Å². The van der Waals surface area contributed by atoms with Crippen molar-refractivity contribution >= 4 is 50.7 Å². The molecule has 220 valence electrons. The number of hydrogen-bond donors (Lipinski definition) is 1. The van der Waals surface area contributed by atoms with Crippen LogP contribution in [-0.4, -0.2) is 49.5 Å². The molecule has 0 aliphatic rings. The highest BCUT2D eigenvalue weighted by molar-refractivity contribution is 7.92. The average molecular weight is 619 g/mol. The van der Waals surface area contributed by atoms with Gasteiger partial charge < -0.3 is 10.2 Å². The highest BCUT2D eigenvalue weighted by Crippen LogP contribution is 2.27. The highest BCUT2D eigenvalue weighted by atomic mass is 35.5. The predicted molar refractivity (Wildman–Crippen MR) is 167 cm³/mol. The second-order valence-corrected chi connectivity index (χ2v) is 14.0. The van der Waals surface area contributed by atoms with Crippen LogP contribution in [0.4, 0.5) is 5.69 Å². The lowest BCUT2D eigenvalue weighted by Crippen LogP contribution is -2.56. The van der Waals surface area contributed by atoms with Gasteiger partial charge in [-0.3, -0.25) is 13.9 Å². The van der Waals surface area contributed by atoms with Gasteiger partial charge in [0.25, 0.3) is 0 Å². The number of amides is 2. The van der Waals surface area contributed by atoms with Crippen molar-refractivity contribution in [1.82, 2.24) is 10.2 Å². The summed E-state index contributed by atoms with van der Waals surface area (Å²) in [5.74, 6) is -0.912. The van der Waals surface area contributed by atoms with Gasteiger partial charge in [-0.05, 0) is 75.1 Å². The number of anilines is 1. The summed E-state index contributed by atoms with van der Waals surface area (Å²) < 4.78 is 27.1. The number of rotatable bonds is 10. The minimum Gasteiger partial charge on any atom is -0.350 e. The molecular formula is C31H37Cl2N3O4S. The van der Waals surface area contributed by atoms with Gasteiger partial charge in [0.2, 0.25) is 21.8 Å². The van der Waals surface area contributed by atoms with Gasteiger partial charge in [-0.1, -0.05) is 71.7 Å². The smallest absolute Gasteiger partial charge is 0.244 e. The summed E-state index contributed by atoms with van der Waals surface area (Å²) in [4.78, 5) is 29.4. The summed E-state index contributed by atoms with van der Waals surface area (Å²) >= 11 is 12.6. The molecule has 0 bridgehead atoms. The zero-order valence-corrected chi connectivity index (χ0v) is 26.6. The molecule has 3 rings (SSSR count). The van der Waals surface area contributed by atoms with Crippen LogP contribution in [-0.2, 0) is 32.6 Å². The number of nitrogens with zero attached hydrogens (tertiary/aromatic N) is 2. The zero-order valence-electron chi connectivity index (χ0n) is 24.2. The van der Waals surface area contributed by atoms with Crippen LogP contribution in [0.1, 0.15) is 43.0 Å². The van der Waals surface area contributed by atoms with Crippen molar-refractivity contribution in [1.29, 1.82) is 0 Å².